The van der Waals surface area contributed by atoms with Crippen molar-refractivity contribution < 1.29 is 4.39 Å². The summed E-state index contributed by atoms with van der Waals surface area (Å²) < 4.78 is 13.3. The van der Waals surface area contributed by atoms with Crippen LogP contribution in [0.2, 0.25) is 5.02 Å². The van der Waals surface area contributed by atoms with Crippen LogP contribution in [0.1, 0.15) is 46.6 Å². The Balaban J connectivity index is 2.16. The number of nitrogens with one attached hydrogen (secondary N) is 1. The quantitative estimate of drug-likeness (QED) is 0.773. The summed E-state index contributed by atoms with van der Waals surface area (Å²) in [6.45, 7) is 12.6. The fourth-order valence-corrected chi connectivity index (χ4v) is 4.01. The first-order chi connectivity index (χ1) is 9.71. The van der Waals surface area contributed by atoms with Crippen LogP contribution in [0, 0.1) is 22.6 Å². The maximum Gasteiger partial charge on any atom is 0.141 e. The third-order valence-corrected chi connectivity index (χ3v) is 5.92. The van der Waals surface area contributed by atoms with Crippen molar-refractivity contribution in [3.8, 4) is 0 Å². The molecule has 21 heavy (non-hydrogen) atoms. The molecule has 1 unspecified atom stereocenters. The summed E-state index contributed by atoms with van der Waals surface area (Å²) in [7, 11) is 0. The zero-order chi connectivity index (χ0) is 15.8. The molecule has 1 aromatic rings. The van der Waals surface area contributed by atoms with E-state index in [1.54, 1.807) is 6.07 Å². The molecule has 1 atom stereocenters. The van der Waals surface area contributed by atoms with Gasteiger partial charge in [0.25, 0.3) is 0 Å². The van der Waals surface area contributed by atoms with Crippen LogP contribution in [0.15, 0.2) is 18.2 Å². The minimum atomic E-state index is -0.342. The molecule has 0 amide bonds. The first kappa shape index (κ1) is 16.8. The molecule has 0 aromatic heterocycles. The van der Waals surface area contributed by atoms with Gasteiger partial charge in [-0.1, -0.05) is 52.3 Å². The Hall–Kier alpha value is -0.600. The molecule has 1 aliphatic rings. The van der Waals surface area contributed by atoms with Crippen molar-refractivity contribution in [1.29, 1.82) is 0 Å². The number of hydrogen-bond donors (Lipinski definition) is 1. The molecular formula is C18H27ClFN. The molecule has 1 saturated carbocycles. The topological polar surface area (TPSA) is 12.0 Å². The van der Waals surface area contributed by atoms with Gasteiger partial charge in [-0.2, -0.15) is 0 Å². The minimum Gasteiger partial charge on any atom is -0.313 e. The lowest BCUT2D eigenvalue weighted by molar-refractivity contribution is 0.395. The van der Waals surface area contributed by atoms with Crippen LogP contribution in [0.3, 0.4) is 0 Å². The molecule has 0 radical (unpaired) electrons. The van der Waals surface area contributed by atoms with E-state index in [1.807, 2.05) is 6.07 Å². The van der Waals surface area contributed by atoms with Crippen LogP contribution < -0.4 is 5.32 Å². The molecule has 0 aliphatic heterocycles. The average molecular weight is 312 g/mol. The second-order valence-electron chi connectivity index (χ2n) is 7.43. The van der Waals surface area contributed by atoms with E-state index in [0.717, 1.165) is 24.9 Å². The molecule has 3 heteroatoms. The Kier molecular flexibility index (Phi) is 4.70. The van der Waals surface area contributed by atoms with E-state index >= 15 is 0 Å². The fraction of sp³-hybridized carbons (Fsp3) is 0.667. The Labute approximate surface area is 133 Å². The zero-order valence-corrected chi connectivity index (χ0v) is 14.5. The van der Waals surface area contributed by atoms with E-state index in [0.29, 0.717) is 22.8 Å². The molecule has 0 heterocycles. The highest BCUT2D eigenvalue weighted by atomic mass is 35.5. The van der Waals surface area contributed by atoms with E-state index in [4.69, 9.17) is 11.6 Å². The predicted molar refractivity (Wildman–Crippen MR) is 88.2 cm³/mol. The van der Waals surface area contributed by atoms with Gasteiger partial charge in [0.05, 0.1) is 5.02 Å². The van der Waals surface area contributed by atoms with E-state index in [9.17, 15) is 4.39 Å². The van der Waals surface area contributed by atoms with Gasteiger partial charge in [0.1, 0.15) is 5.82 Å². The van der Waals surface area contributed by atoms with Gasteiger partial charge in [-0.25, -0.2) is 4.39 Å². The first-order valence-electron chi connectivity index (χ1n) is 7.89. The third-order valence-electron chi connectivity index (χ3n) is 5.63. The molecule has 0 spiro atoms. The van der Waals surface area contributed by atoms with Gasteiger partial charge >= 0.3 is 0 Å². The lowest BCUT2D eigenvalue weighted by atomic mass is 9.96. The number of benzene rings is 1. The van der Waals surface area contributed by atoms with Crippen LogP contribution >= 0.6 is 11.6 Å². The lowest BCUT2D eigenvalue weighted by Gasteiger charge is -2.21. The van der Waals surface area contributed by atoms with Crippen LogP contribution in [-0.2, 0) is 6.42 Å². The Morgan fingerprint density at radius 1 is 1.24 bits per heavy atom. The van der Waals surface area contributed by atoms with Crippen molar-refractivity contribution in [1.82, 2.24) is 5.32 Å². The standard InChI is InChI=1S/C18H27ClFN/c1-6-9-21-15(16-17(2,3)18(16,4)5)11-12-7-8-14(20)13(19)10-12/h7-8,10,15-16,21H,6,9,11H2,1-5H3. The number of halogens is 2. The molecule has 1 fully saturated rings. The van der Waals surface area contributed by atoms with E-state index < -0.39 is 0 Å². The monoisotopic (exact) mass is 311 g/mol. The van der Waals surface area contributed by atoms with E-state index in [-0.39, 0.29) is 10.8 Å². The van der Waals surface area contributed by atoms with E-state index in [1.165, 1.54) is 6.07 Å². The molecule has 1 N–H and O–H groups in total. The summed E-state index contributed by atoms with van der Waals surface area (Å²) >= 11 is 5.91. The molecule has 1 aliphatic carbocycles. The van der Waals surface area contributed by atoms with Gasteiger partial charge in [-0.05, 0) is 53.8 Å². The van der Waals surface area contributed by atoms with Gasteiger partial charge < -0.3 is 5.32 Å². The largest absolute Gasteiger partial charge is 0.313 e. The summed E-state index contributed by atoms with van der Waals surface area (Å²) in [5.41, 5.74) is 1.78. The fourth-order valence-electron chi connectivity index (χ4n) is 3.81. The highest BCUT2D eigenvalue weighted by Gasteiger charge is 2.66. The highest BCUT2D eigenvalue weighted by molar-refractivity contribution is 6.30. The van der Waals surface area contributed by atoms with Gasteiger partial charge in [0, 0.05) is 6.04 Å². The summed E-state index contributed by atoms with van der Waals surface area (Å²) in [5, 5.41) is 3.91. The van der Waals surface area contributed by atoms with Gasteiger partial charge in [0.2, 0.25) is 0 Å². The van der Waals surface area contributed by atoms with Crippen molar-refractivity contribution in [2.24, 2.45) is 16.7 Å². The Morgan fingerprint density at radius 2 is 1.86 bits per heavy atom. The van der Waals surface area contributed by atoms with Crippen molar-refractivity contribution in [2.75, 3.05) is 6.54 Å². The Morgan fingerprint density at radius 3 is 2.33 bits per heavy atom. The maximum atomic E-state index is 13.3. The lowest BCUT2D eigenvalue weighted by Crippen LogP contribution is -2.36. The SMILES string of the molecule is CCCNC(Cc1ccc(F)c(Cl)c1)C1C(C)(C)C1(C)C. The van der Waals surface area contributed by atoms with Crippen molar-refractivity contribution >= 4 is 11.6 Å². The molecule has 2 rings (SSSR count). The third kappa shape index (κ3) is 3.12. The van der Waals surface area contributed by atoms with Crippen LogP contribution in [0.5, 0.6) is 0 Å². The summed E-state index contributed by atoms with van der Waals surface area (Å²) in [6.07, 6.45) is 2.02. The molecule has 1 aromatic carbocycles. The van der Waals surface area contributed by atoms with Crippen LogP contribution in [-0.4, -0.2) is 12.6 Å². The molecule has 118 valence electrons. The smallest absolute Gasteiger partial charge is 0.141 e. The van der Waals surface area contributed by atoms with E-state index in [2.05, 4.69) is 39.9 Å². The summed E-state index contributed by atoms with van der Waals surface area (Å²) in [5.74, 6) is 0.283. The maximum absolute atomic E-state index is 13.3. The van der Waals surface area contributed by atoms with Crippen LogP contribution in [0.4, 0.5) is 4.39 Å². The molecular weight excluding hydrogens is 285 g/mol. The average Bonchev–Trinajstić information content (AvgIpc) is 2.80. The van der Waals surface area contributed by atoms with Gasteiger partial charge in [-0.3, -0.25) is 0 Å². The van der Waals surface area contributed by atoms with Crippen molar-refractivity contribution in [2.45, 2.75) is 53.5 Å². The molecule has 0 saturated heterocycles. The molecule has 0 bridgehead atoms. The highest BCUT2D eigenvalue weighted by Crippen LogP contribution is 2.69. The second-order valence-corrected chi connectivity index (χ2v) is 7.84. The minimum absolute atomic E-state index is 0.219. The number of hydrogen-bond acceptors (Lipinski definition) is 1. The van der Waals surface area contributed by atoms with Gasteiger partial charge in [0.15, 0.2) is 0 Å². The van der Waals surface area contributed by atoms with Crippen molar-refractivity contribution in [3.05, 3.63) is 34.6 Å². The Bertz CT molecular complexity index is 496. The zero-order valence-electron chi connectivity index (χ0n) is 13.8. The second kappa shape index (κ2) is 5.89. The first-order valence-corrected chi connectivity index (χ1v) is 8.27. The predicted octanol–water partition coefficient (Wildman–Crippen LogP) is 5.07. The normalized spacial score (nSPS) is 21.3. The van der Waals surface area contributed by atoms with Crippen LogP contribution in [0.25, 0.3) is 0 Å². The molecule has 1 nitrogen and oxygen atoms in total. The van der Waals surface area contributed by atoms with Crippen molar-refractivity contribution in [3.63, 3.8) is 0 Å². The summed E-state index contributed by atoms with van der Waals surface area (Å²) in [4.78, 5) is 0. The van der Waals surface area contributed by atoms with Gasteiger partial charge in [-0.15, -0.1) is 0 Å². The number of rotatable bonds is 6. The summed E-state index contributed by atoms with van der Waals surface area (Å²) in [6, 6.07) is 5.50.